The monoisotopic (exact) mass is 479 g/mol. The maximum absolute atomic E-state index is 13.0. The Hall–Kier alpha value is -2.81. The van der Waals surface area contributed by atoms with E-state index in [1.807, 2.05) is 43.0 Å². The lowest BCUT2D eigenvalue weighted by Gasteiger charge is -2.33. The fourth-order valence-electron chi connectivity index (χ4n) is 4.11. The second kappa shape index (κ2) is 9.21. The van der Waals surface area contributed by atoms with Crippen LogP contribution in [0, 0.1) is 11.8 Å². The molecule has 1 aromatic carbocycles. The molecular weight excluding hydrogens is 455 g/mol. The molecule has 2 aromatic heterocycles. The summed E-state index contributed by atoms with van der Waals surface area (Å²) in [5.74, 6) is 0.897. The topological polar surface area (TPSA) is 73.9 Å². The number of halogens is 4. The summed E-state index contributed by atoms with van der Waals surface area (Å²) >= 11 is 6.08. The number of nitrogens with one attached hydrogen (secondary N) is 2. The second-order valence-corrected chi connectivity index (χ2v) is 9.07. The van der Waals surface area contributed by atoms with Crippen molar-refractivity contribution in [2.24, 2.45) is 11.8 Å². The third-order valence-electron chi connectivity index (χ3n) is 5.98. The number of hydrogen-bond donors (Lipinski definition) is 2. The molecule has 1 fully saturated rings. The smallest absolute Gasteiger partial charge is 0.355 e. The number of piperidine rings is 1. The van der Waals surface area contributed by atoms with Gasteiger partial charge in [-0.25, -0.2) is 9.97 Å². The van der Waals surface area contributed by atoms with E-state index in [2.05, 4.69) is 20.3 Å². The van der Waals surface area contributed by atoms with Crippen molar-refractivity contribution in [3.63, 3.8) is 0 Å². The highest BCUT2D eigenvalue weighted by Crippen LogP contribution is 2.35. The number of aromatic nitrogens is 3. The van der Waals surface area contributed by atoms with Crippen molar-refractivity contribution in [3.8, 4) is 0 Å². The Kier molecular flexibility index (Phi) is 6.52. The number of carbonyl (C=O) groups is 1. The van der Waals surface area contributed by atoms with Crippen molar-refractivity contribution in [1.82, 2.24) is 20.3 Å². The van der Waals surface area contributed by atoms with Gasteiger partial charge in [0.25, 0.3) is 0 Å². The zero-order valence-corrected chi connectivity index (χ0v) is 19.0. The Labute approximate surface area is 194 Å². The Morgan fingerprint density at radius 1 is 1.24 bits per heavy atom. The number of rotatable bonds is 5. The number of fused-ring (bicyclic) bond motifs is 1. The van der Waals surface area contributed by atoms with E-state index in [-0.39, 0.29) is 28.8 Å². The van der Waals surface area contributed by atoms with E-state index in [1.165, 1.54) is 0 Å². The van der Waals surface area contributed by atoms with Crippen molar-refractivity contribution in [3.05, 3.63) is 52.9 Å². The van der Waals surface area contributed by atoms with Gasteiger partial charge in [-0.3, -0.25) is 4.79 Å². The van der Waals surface area contributed by atoms with Crippen molar-refractivity contribution in [2.45, 2.75) is 38.9 Å². The van der Waals surface area contributed by atoms with Crippen LogP contribution in [0.25, 0.3) is 11.0 Å². The van der Waals surface area contributed by atoms with E-state index in [0.29, 0.717) is 31.7 Å². The van der Waals surface area contributed by atoms with Gasteiger partial charge in [-0.05, 0) is 37.0 Å². The fraction of sp³-hybridized carbons (Fsp3) is 0.435. The van der Waals surface area contributed by atoms with Crippen LogP contribution in [0.3, 0.4) is 0 Å². The zero-order chi connectivity index (χ0) is 23.8. The minimum Gasteiger partial charge on any atom is -0.355 e. The average Bonchev–Trinajstić information content (AvgIpc) is 3.20. The third-order valence-corrected chi connectivity index (χ3v) is 6.26. The van der Waals surface area contributed by atoms with Crippen LogP contribution in [0.15, 0.2) is 36.5 Å². The van der Waals surface area contributed by atoms with Crippen LogP contribution in [0.5, 0.6) is 0 Å². The summed E-state index contributed by atoms with van der Waals surface area (Å²) in [6, 6.07) is 8.35. The number of amides is 1. The molecular formula is C23H25ClF3N5O. The molecule has 1 aliphatic rings. The third kappa shape index (κ3) is 5.08. The van der Waals surface area contributed by atoms with Gasteiger partial charge in [0.05, 0.1) is 27.7 Å². The molecule has 0 bridgehead atoms. The number of carbonyl (C=O) groups excluding carboxylic acids is 1. The summed E-state index contributed by atoms with van der Waals surface area (Å²) in [4.78, 5) is 26.7. The summed E-state index contributed by atoms with van der Waals surface area (Å²) in [7, 11) is 0. The Morgan fingerprint density at radius 3 is 2.55 bits per heavy atom. The maximum atomic E-state index is 13.0. The van der Waals surface area contributed by atoms with Crippen LogP contribution >= 0.6 is 11.6 Å². The van der Waals surface area contributed by atoms with Crippen LogP contribution in [-0.4, -0.2) is 33.9 Å². The molecule has 4 rings (SSSR count). The number of H-pyrrole nitrogens is 1. The number of pyridine rings is 1. The zero-order valence-electron chi connectivity index (χ0n) is 18.3. The van der Waals surface area contributed by atoms with E-state index in [0.717, 1.165) is 29.1 Å². The quantitative estimate of drug-likeness (QED) is 0.516. The molecule has 6 nitrogen and oxygen atoms in total. The van der Waals surface area contributed by atoms with Crippen LogP contribution in [0.2, 0.25) is 5.02 Å². The van der Waals surface area contributed by atoms with Crippen molar-refractivity contribution < 1.29 is 18.0 Å². The molecule has 1 aliphatic heterocycles. The molecule has 0 radical (unpaired) electrons. The Morgan fingerprint density at radius 2 is 1.94 bits per heavy atom. The molecule has 1 amide bonds. The number of para-hydroxylation sites is 2. The van der Waals surface area contributed by atoms with Gasteiger partial charge in [-0.15, -0.1) is 0 Å². The molecule has 33 heavy (non-hydrogen) atoms. The molecule has 3 aromatic rings. The normalized spacial score (nSPS) is 16.4. The molecule has 176 valence electrons. The summed E-state index contributed by atoms with van der Waals surface area (Å²) in [5, 5.41) is 3.09. The van der Waals surface area contributed by atoms with Crippen molar-refractivity contribution >= 4 is 34.4 Å². The van der Waals surface area contributed by atoms with Gasteiger partial charge in [0, 0.05) is 25.2 Å². The summed E-state index contributed by atoms with van der Waals surface area (Å²) in [5.41, 5.74) is 0.888. The number of nitrogens with zero attached hydrogens (tertiary/aromatic N) is 3. The predicted octanol–water partition coefficient (Wildman–Crippen LogP) is 5.36. The number of hydrogen-bond acceptors (Lipinski definition) is 4. The second-order valence-electron chi connectivity index (χ2n) is 8.66. The van der Waals surface area contributed by atoms with Crippen LogP contribution < -0.4 is 10.2 Å². The van der Waals surface area contributed by atoms with Gasteiger partial charge >= 0.3 is 6.18 Å². The van der Waals surface area contributed by atoms with E-state index < -0.39 is 11.7 Å². The van der Waals surface area contributed by atoms with Gasteiger partial charge in [0.1, 0.15) is 11.6 Å². The number of anilines is 1. The molecule has 0 spiro atoms. The largest absolute Gasteiger partial charge is 0.417 e. The number of alkyl halides is 3. The minimum atomic E-state index is -4.49. The van der Waals surface area contributed by atoms with E-state index in [1.54, 1.807) is 0 Å². The molecule has 1 atom stereocenters. The molecule has 3 heterocycles. The lowest BCUT2D eigenvalue weighted by Crippen LogP contribution is -2.43. The van der Waals surface area contributed by atoms with Crippen LogP contribution in [-0.2, 0) is 11.0 Å². The van der Waals surface area contributed by atoms with Gasteiger partial charge in [-0.1, -0.05) is 37.6 Å². The maximum Gasteiger partial charge on any atom is 0.417 e. The summed E-state index contributed by atoms with van der Waals surface area (Å²) in [6.07, 6.45) is -2.60. The van der Waals surface area contributed by atoms with Gasteiger partial charge in [-0.2, -0.15) is 13.2 Å². The summed E-state index contributed by atoms with van der Waals surface area (Å²) < 4.78 is 38.6. The lowest BCUT2D eigenvalue weighted by atomic mass is 9.94. The lowest BCUT2D eigenvalue weighted by molar-refractivity contribution is -0.137. The van der Waals surface area contributed by atoms with Crippen LogP contribution in [0.4, 0.5) is 19.0 Å². The first-order valence-electron chi connectivity index (χ1n) is 10.9. The van der Waals surface area contributed by atoms with Crippen molar-refractivity contribution in [2.75, 3.05) is 18.0 Å². The van der Waals surface area contributed by atoms with Gasteiger partial charge in [0.2, 0.25) is 5.91 Å². The first kappa shape index (κ1) is 23.4. The van der Waals surface area contributed by atoms with Crippen molar-refractivity contribution in [1.29, 1.82) is 0 Å². The highest BCUT2D eigenvalue weighted by molar-refractivity contribution is 6.33. The van der Waals surface area contributed by atoms with E-state index in [4.69, 9.17) is 11.6 Å². The molecule has 1 unspecified atom stereocenters. The van der Waals surface area contributed by atoms with E-state index >= 15 is 0 Å². The SMILES string of the molecule is CC(C)C(NC(=O)C1CCN(c2ncc(C(F)(F)F)cc2Cl)CC1)c1nc2ccccc2[nH]1. The first-order valence-corrected chi connectivity index (χ1v) is 11.2. The predicted molar refractivity (Wildman–Crippen MR) is 121 cm³/mol. The standard InChI is InChI=1S/C23H25ClF3N5O/c1-13(2)19(20-29-17-5-3-4-6-18(17)30-20)31-22(33)14-7-9-32(10-8-14)21-16(24)11-15(12-28-21)23(25,26)27/h3-6,11-14,19H,7-10H2,1-2H3,(H,29,30)(H,31,33). The Bertz CT molecular complexity index is 1110. The highest BCUT2D eigenvalue weighted by atomic mass is 35.5. The highest BCUT2D eigenvalue weighted by Gasteiger charge is 2.33. The van der Waals surface area contributed by atoms with Gasteiger partial charge in [0.15, 0.2) is 0 Å². The average molecular weight is 480 g/mol. The minimum absolute atomic E-state index is 0.0440. The molecule has 0 saturated carbocycles. The van der Waals surface area contributed by atoms with Crippen LogP contribution in [0.1, 0.15) is 44.1 Å². The molecule has 10 heteroatoms. The first-order chi connectivity index (χ1) is 15.6. The number of imidazole rings is 1. The molecule has 1 saturated heterocycles. The van der Waals surface area contributed by atoms with Gasteiger partial charge < -0.3 is 15.2 Å². The summed E-state index contributed by atoms with van der Waals surface area (Å²) in [6.45, 7) is 5.01. The molecule has 0 aliphatic carbocycles. The number of benzene rings is 1. The fourth-order valence-corrected chi connectivity index (χ4v) is 4.40. The van der Waals surface area contributed by atoms with E-state index in [9.17, 15) is 18.0 Å². The number of aromatic amines is 1. The Balaban J connectivity index is 1.40. The molecule has 2 N–H and O–H groups in total.